The number of likely N-dealkylation sites (tertiary alicyclic amines) is 2. The number of nitrogens with zero attached hydrogens (tertiary/aromatic N) is 2. The molecule has 4 rings (SSSR count). The molecule has 4 heterocycles. The molecule has 0 saturated carbocycles. The monoisotopic (exact) mass is 979 g/mol. The smallest absolute Gasteiger partial charge is 0.310 e. The molecule has 0 bridgehead atoms. The Balaban J connectivity index is 1.53. The van der Waals surface area contributed by atoms with Crippen molar-refractivity contribution in [1.82, 2.24) is 9.80 Å². The average molecular weight is 979 g/mol. The van der Waals surface area contributed by atoms with Gasteiger partial charge < -0.3 is 37.9 Å². The Labute approximate surface area is 417 Å². The van der Waals surface area contributed by atoms with Gasteiger partial charge in [0, 0.05) is 70.5 Å². The van der Waals surface area contributed by atoms with Crippen molar-refractivity contribution in [2.45, 2.75) is 241 Å². The summed E-state index contributed by atoms with van der Waals surface area (Å²) in [6, 6.07) is 0. The molecule has 14 nitrogen and oxygen atoms in total. The Morgan fingerprint density at radius 2 is 0.899 bits per heavy atom. The molecule has 1 spiro atoms. The lowest BCUT2D eigenvalue weighted by molar-refractivity contribution is -0.338. The number of Topliss-reactive ketones (excluding diaryl/α,β-unsaturated/α-hetero) is 1. The first-order valence-corrected chi connectivity index (χ1v) is 26.2. The van der Waals surface area contributed by atoms with Gasteiger partial charge in [0.05, 0.1) is 62.3 Å². The predicted molar refractivity (Wildman–Crippen MR) is 267 cm³/mol. The SMILES string of the molecule is CCC(C)(CC)OCC(C)(C)C1OCC2(COC(C(C)(C)COC(=O)CC(C(=O)OC3CC(C)(C)N(C)C(C)(C)C3)C(CC(=O)C(C)(CC)CC)C(=O)OC3CC(C)(C)N(C)C(C)(C)C3)OC2)CO1. The highest BCUT2D eigenvalue weighted by Crippen LogP contribution is 2.43. The van der Waals surface area contributed by atoms with Crippen molar-refractivity contribution < 1.29 is 57.1 Å². The third kappa shape index (κ3) is 14.3. The standard InChI is InChI=1S/C55H98N2O12/c1-21-53(17,22-2)41(58)25-39(43(60)68-37-27-49(9,10)56(19)50(11,12)28-37)40(44(61)69-38-29-51(13,14)57(20)52(15,16)30-38)26-42(59)62-31-47(5,6)45-63-33-55(34-64-45)35-65-46(66-36-55)48(7,8)32-67-54(18,23-3)24-4/h37-40,45-46H,21-36H2,1-20H3. The van der Waals surface area contributed by atoms with E-state index in [0.717, 1.165) is 12.8 Å². The van der Waals surface area contributed by atoms with Gasteiger partial charge in [-0.3, -0.25) is 29.0 Å². The van der Waals surface area contributed by atoms with Crippen LogP contribution in [-0.4, -0.2) is 140 Å². The molecular formula is C55H98N2O12. The minimum atomic E-state index is -1.34. The number of hydrogen-bond acceptors (Lipinski definition) is 14. The van der Waals surface area contributed by atoms with E-state index in [4.69, 9.17) is 37.9 Å². The molecular weight excluding hydrogens is 881 g/mol. The maximum absolute atomic E-state index is 14.8. The topological polar surface area (TPSA) is 149 Å². The molecule has 400 valence electrons. The summed E-state index contributed by atoms with van der Waals surface area (Å²) in [5.41, 5.74) is -3.85. The van der Waals surface area contributed by atoms with Crippen LogP contribution in [0.15, 0.2) is 0 Å². The van der Waals surface area contributed by atoms with Crippen LogP contribution in [0.2, 0.25) is 0 Å². The van der Waals surface area contributed by atoms with Crippen molar-refractivity contribution in [2.75, 3.05) is 53.7 Å². The molecule has 14 heteroatoms. The first-order valence-electron chi connectivity index (χ1n) is 26.2. The Morgan fingerprint density at radius 3 is 1.25 bits per heavy atom. The van der Waals surface area contributed by atoms with Crippen LogP contribution in [0, 0.1) is 33.5 Å². The average Bonchev–Trinajstić information content (AvgIpc) is 3.26. The summed E-state index contributed by atoms with van der Waals surface area (Å²) < 4.78 is 50.5. The Kier molecular flexibility index (Phi) is 19.0. The Morgan fingerprint density at radius 1 is 0.551 bits per heavy atom. The van der Waals surface area contributed by atoms with Gasteiger partial charge in [-0.2, -0.15) is 0 Å². The maximum Gasteiger partial charge on any atom is 0.310 e. The second-order valence-electron chi connectivity index (χ2n) is 26.1. The summed E-state index contributed by atoms with van der Waals surface area (Å²) in [5.74, 6) is -4.87. The van der Waals surface area contributed by atoms with E-state index < -0.39 is 77.2 Å². The first-order chi connectivity index (χ1) is 31.6. The van der Waals surface area contributed by atoms with E-state index in [-0.39, 0.29) is 52.0 Å². The summed E-state index contributed by atoms with van der Waals surface area (Å²) in [6.07, 6.45) is 2.25. The van der Waals surface area contributed by atoms with Crippen LogP contribution in [0.25, 0.3) is 0 Å². The van der Waals surface area contributed by atoms with Gasteiger partial charge in [-0.05, 0) is 102 Å². The summed E-state index contributed by atoms with van der Waals surface area (Å²) in [4.78, 5) is 62.8. The lowest BCUT2D eigenvalue weighted by Crippen LogP contribution is -2.60. The molecule has 0 radical (unpaired) electrons. The second kappa shape index (κ2) is 22.1. The highest BCUT2D eigenvalue weighted by molar-refractivity contribution is 5.92. The normalized spacial score (nSPS) is 27.1. The van der Waals surface area contributed by atoms with Gasteiger partial charge in [0.2, 0.25) is 0 Å². The van der Waals surface area contributed by atoms with Gasteiger partial charge in [-0.15, -0.1) is 0 Å². The third-order valence-corrected chi connectivity index (χ3v) is 17.6. The fourth-order valence-corrected chi connectivity index (χ4v) is 10.8. The highest BCUT2D eigenvalue weighted by Gasteiger charge is 2.51. The zero-order chi connectivity index (χ0) is 52.4. The summed E-state index contributed by atoms with van der Waals surface area (Å²) >= 11 is 0. The van der Waals surface area contributed by atoms with Gasteiger partial charge in [0.1, 0.15) is 24.6 Å². The van der Waals surface area contributed by atoms with Crippen molar-refractivity contribution in [3.63, 3.8) is 0 Å². The second-order valence-corrected chi connectivity index (χ2v) is 26.1. The molecule has 0 aromatic heterocycles. The number of esters is 3. The van der Waals surface area contributed by atoms with Crippen molar-refractivity contribution in [3.05, 3.63) is 0 Å². The highest BCUT2D eigenvalue weighted by atomic mass is 16.7. The van der Waals surface area contributed by atoms with E-state index in [1.165, 1.54) is 0 Å². The number of piperidine rings is 2. The van der Waals surface area contributed by atoms with Gasteiger partial charge in [0.15, 0.2) is 12.6 Å². The number of rotatable bonds is 21. The van der Waals surface area contributed by atoms with Crippen LogP contribution in [0.3, 0.4) is 0 Å². The van der Waals surface area contributed by atoms with Gasteiger partial charge in [0.25, 0.3) is 0 Å². The number of hydrogen-bond donors (Lipinski definition) is 0. The molecule has 0 aliphatic carbocycles. The minimum Gasteiger partial charge on any atom is -0.465 e. The number of ether oxygens (including phenoxy) is 8. The Bertz CT molecular complexity index is 1710. The number of carbonyl (C=O) groups is 4. The summed E-state index contributed by atoms with van der Waals surface area (Å²) in [5, 5.41) is 0. The van der Waals surface area contributed by atoms with E-state index in [1.54, 1.807) is 0 Å². The van der Waals surface area contributed by atoms with Crippen LogP contribution < -0.4 is 0 Å². The van der Waals surface area contributed by atoms with Crippen LogP contribution >= 0.6 is 0 Å². The van der Waals surface area contributed by atoms with Crippen molar-refractivity contribution in [2.24, 2.45) is 33.5 Å². The van der Waals surface area contributed by atoms with Crippen molar-refractivity contribution in [1.29, 1.82) is 0 Å². The van der Waals surface area contributed by atoms with Crippen LogP contribution in [0.5, 0.6) is 0 Å². The number of carbonyl (C=O) groups excluding carboxylic acids is 4. The molecule has 69 heavy (non-hydrogen) atoms. The van der Waals surface area contributed by atoms with E-state index in [0.29, 0.717) is 71.6 Å². The van der Waals surface area contributed by atoms with Gasteiger partial charge >= 0.3 is 17.9 Å². The van der Waals surface area contributed by atoms with Crippen molar-refractivity contribution >= 4 is 23.7 Å². The quantitative estimate of drug-likeness (QED) is 0.0794. The van der Waals surface area contributed by atoms with E-state index in [9.17, 15) is 19.2 Å². The fourth-order valence-electron chi connectivity index (χ4n) is 10.8. The van der Waals surface area contributed by atoms with Crippen LogP contribution in [0.4, 0.5) is 0 Å². The molecule has 0 N–H and O–H groups in total. The lowest BCUT2D eigenvalue weighted by Gasteiger charge is -2.53. The van der Waals surface area contributed by atoms with E-state index in [2.05, 4.69) is 114 Å². The molecule has 0 amide bonds. The zero-order valence-electron chi connectivity index (χ0n) is 47.1. The molecule has 4 aliphatic heterocycles. The maximum atomic E-state index is 14.8. The zero-order valence-corrected chi connectivity index (χ0v) is 47.1. The molecule has 0 aromatic carbocycles. The molecule has 0 aromatic rings. The van der Waals surface area contributed by atoms with Crippen LogP contribution in [-0.2, 0) is 57.1 Å². The summed E-state index contributed by atoms with van der Waals surface area (Å²) in [6.45, 7) is 38.9. The molecule has 4 saturated heterocycles. The van der Waals surface area contributed by atoms with E-state index in [1.807, 2.05) is 34.6 Å². The third-order valence-electron chi connectivity index (χ3n) is 17.6. The molecule has 4 fully saturated rings. The predicted octanol–water partition coefficient (Wildman–Crippen LogP) is 9.71. The molecule has 2 unspecified atom stereocenters. The summed E-state index contributed by atoms with van der Waals surface area (Å²) in [7, 11) is 4.15. The minimum absolute atomic E-state index is 0.0994. The van der Waals surface area contributed by atoms with Gasteiger partial charge in [-0.25, -0.2) is 0 Å². The van der Waals surface area contributed by atoms with E-state index >= 15 is 0 Å². The first kappa shape index (κ1) is 59.4. The number of ketones is 1. The fraction of sp³-hybridized carbons (Fsp3) is 0.927. The Hall–Kier alpha value is -2.20. The van der Waals surface area contributed by atoms with Crippen LogP contribution in [0.1, 0.15) is 189 Å². The molecule has 2 atom stereocenters. The van der Waals surface area contributed by atoms with Crippen molar-refractivity contribution in [3.8, 4) is 0 Å². The van der Waals surface area contributed by atoms with Gasteiger partial charge in [-0.1, -0.05) is 62.3 Å². The molecule has 4 aliphatic rings. The largest absolute Gasteiger partial charge is 0.465 e. The lowest BCUT2D eigenvalue weighted by atomic mass is 9.74.